The zero-order chi connectivity index (χ0) is 14.7. The summed E-state index contributed by atoms with van der Waals surface area (Å²) in [6.45, 7) is 6.30. The number of nitrogens with one attached hydrogen (secondary N) is 1. The maximum absolute atomic E-state index is 11.0. The van der Waals surface area contributed by atoms with Crippen LogP contribution in [0.5, 0.6) is 0 Å². The van der Waals surface area contributed by atoms with Crippen molar-refractivity contribution in [2.75, 3.05) is 12.0 Å². The van der Waals surface area contributed by atoms with E-state index in [1.54, 1.807) is 12.1 Å². The highest BCUT2D eigenvalue weighted by Crippen LogP contribution is 2.28. The summed E-state index contributed by atoms with van der Waals surface area (Å²) in [6, 6.07) is 5.70. The molecular weight excluding hydrogens is 256 g/mol. The number of nitro benzene ring substituents is 1. The fraction of sp³-hybridized carbons (Fsp3) is 0.571. The van der Waals surface area contributed by atoms with Crippen LogP contribution in [0.1, 0.15) is 32.3 Å². The molecule has 0 amide bonds. The maximum Gasteiger partial charge on any atom is 0.293 e. The highest BCUT2D eigenvalue weighted by atomic mass is 16.6. The molecule has 2 atom stereocenters. The van der Waals surface area contributed by atoms with E-state index in [1.165, 1.54) is 12.8 Å². The summed E-state index contributed by atoms with van der Waals surface area (Å²) < 4.78 is 0. The fourth-order valence-electron chi connectivity index (χ4n) is 2.87. The molecule has 0 spiro atoms. The van der Waals surface area contributed by atoms with E-state index in [4.69, 9.17) is 5.84 Å². The number of nitrogens with zero attached hydrogens (tertiary/aromatic N) is 2. The molecule has 6 nitrogen and oxygen atoms in total. The van der Waals surface area contributed by atoms with Crippen molar-refractivity contribution < 1.29 is 4.92 Å². The van der Waals surface area contributed by atoms with Crippen LogP contribution in [0.4, 0.5) is 11.4 Å². The van der Waals surface area contributed by atoms with E-state index in [2.05, 4.69) is 24.2 Å². The molecule has 1 heterocycles. The minimum Gasteiger partial charge on any atom is -0.318 e. The van der Waals surface area contributed by atoms with Gasteiger partial charge in [-0.25, -0.2) is 0 Å². The Morgan fingerprint density at radius 1 is 1.50 bits per heavy atom. The van der Waals surface area contributed by atoms with Crippen molar-refractivity contribution in [2.45, 2.75) is 39.3 Å². The molecule has 0 aliphatic carbocycles. The van der Waals surface area contributed by atoms with E-state index in [-0.39, 0.29) is 5.69 Å². The lowest BCUT2D eigenvalue weighted by Crippen LogP contribution is -2.39. The number of hydrogen-bond donors (Lipinski definition) is 2. The quantitative estimate of drug-likeness (QED) is 0.502. The molecule has 110 valence electrons. The Hall–Kier alpha value is -1.66. The molecule has 2 rings (SSSR count). The Morgan fingerprint density at radius 3 is 2.85 bits per heavy atom. The average molecular weight is 278 g/mol. The maximum atomic E-state index is 11.0. The van der Waals surface area contributed by atoms with Crippen molar-refractivity contribution in [1.29, 1.82) is 0 Å². The number of hydrazine groups is 1. The third-order valence-corrected chi connectivity index (χ3v) is 4.08. The van der Waals surface area contributed by atoms with Gasteiger partial charge in [0.1, 0.15) is 5.69 Å². The molecule has 20 heavy (non-hydrogen) atoms. The van der Waals surface area contributed by atoms with E-state index in [0.717, 1.165) is 24.6 Å². The lowest BCUT2D eigenvalue weighted by Gasteiger charge is -2.36. The molecule has 1 aromatic rings. The van der Waals surface area contributed by atoms with Crippen LogP contribution in [0.2, 0.25) is 0 Å². The van der Waals surface area contributed by atoms with Gasteiger partial charge in [-0.1, -0.05) is 13.0 Å². The summed E-state index contributed by atoms with van der Waals surface area (Å²) in [4.78, 5) is 13.0. The molecule has 1 aliphatic rings. The number of benzene rings is 1. The van der Waals surface area contributed by atoms with E-state index in [0.29, 0.717) is 11.7 Å². The Kier molecular flexibility index (Phi) is 4.57. The van der Waals surface area contributed by atoms with Crippen molar-refractivity contribution in [3.8, 4) is 0 Å². The smallest absolute Gasteiger partial charge is 0.293 e. The van der Waals surface area contributed by atoms with Gasteiger partial charge in [-0.15, -0.1) is 0 Å². The second-order valence-electron chi connectivity index (χ2n) is 5.70. The normalized spacial score (nSPS) is 23.6. The van der Waals surface area contributed by atoms with Gasteiger partial charge in [0.05, 0.1) is 4.92 Å². The van der Waals surface area contributed by atoms with Crippen LogP contribution in [0.25, 0.3) is 0 Å². The third-order valence-electron chi connectivity index (χ3n) is 4.08. The molecule has 6 heteroatoms. The fourth-order valence-corrected chi connectivity index (χ4v) is 2.87. The first-order valence-corrected chi connectivity index (χ1v) is 6.99. The second kappa shape index (κ2) is 6.19. The van der Waals surface area contributed by atoms with Gasteiger partial charge < -0.3 is 5.43 Å². The largest absolute Gasteiger partial charge is 0.318 e. The highest BCUT2D eigenvalue weighted by Gasteiger charge is 2.23. The van der Waals surface area contributed by atoms with Crippen LogP contribution in [0.3, 0.4) is 0 Å². The van der Waals surface area contributed by atoms with Gasteiger partial charge in [-0.05, 0) is 43.9 Å². The highest BCUT2D eigenvalue weighted by molar-refractivity contribution is 5.61. The molecule has 3 N–H and O–H groups in total. The standard InChI is InChI=1S/C14H22N4O2/c1-10-5-6-17(11(2)7-10)9-12-3-4-13(16-15)14(8-12)18(19)20/h3-4,8,10-11,16H,5-7,9,15H2,1-2H3. The Bertz CT molecular complexity index is 492. The monoisotopic (exact) mass is 278 g/mol. The van der Waals surface area contributed by atoms with E-state index in [9.17, 15) is 10.1 Å². The number of nitro groups is 1. The van der Waals surface area contributed by atoms with E-state index in [1.807, 2.05) is 6.07 Å². The Labute approximate surface area is 119 Å². The average Bonchev–Trinajstić information content (AvgIpc) is 2.41. The number of hydrogen-bond acceptors (Lipinski definition) is 5. The van der Waals surface area contributed by atoms with Crippen molar-refractivity contribution >= 4 is 11.4 Å². The zero-order valence-corrected chi connectivity index (χ0v) is 12.0. The molecular formula is C14H22N4O2. The first-order chi connectivity index (χ1) is 9.51. The van der Waals surface area contributed by atoms with Crippen LogP contribution in [-0.2, 0) is 6.54 Å². The molecule has 0 radical (unpaired) electrons. The Balaban J connectivity index is 2.13. The predicted molar refractivity (Wildman–Crippen MR) is 79.2 cm³/mol. The molecule has 1 saturated heterocycles. The molecule has 0 aromatic heterocycles. The zero-order valence-electron chi connectivity index (χ0n) is 12.0. The van der Waals surface area contributed by atoms with Gasteiger partial charge in [0, 0.05) is 18.7 Å². The molecule has 1 aromatic carbocycles. The van der Waals surface area contributed by atoms with Crippen molar-refractivity contribution in [2.24, 2.45) is 11.8 Å². The molecule has 0 bridgehead atoms. The second-order valence-corrected chi connectivity index (χ2v) is 5.70. The SMILES string of the molecule is CC1CCN(Cc2ccc(NN)c([N+](=O)[O-])c2)C(C)C1. The molecule has 2 unspecified atom stereocenters. The number of nitrogen functional groups attached to an aromatic ring is 1. The number of likely N-dealkylation sites (tertiary alicyclic amines) is 1. The van der Waals surface area contributed by atoms with Gasteiger partial charge in [0.25, 0.3) is 5.69 Å². The first-order valence-electron chi connectivity index (χ1n) is 6.99. The topological polar surface area (TPSA) is 84.4 Å². The van der Waals surface area contributed by atoms with Crippen LogP contribution in [0, 0.1) is 16.0 Å². The van der Waals surface area contributed by atoms with Crippen LogP contribution >= 0.6 is 0 Å². The number of nitrogens with two attached hydrogens (primary N) is 1. The summed E-state index contributed by atoms with van der Waals surface area (Å²) in [6.07, 6.45) is 2.37. The summed E-state index contributed by atoms with van der Waals surface area (Å²) in [5, 5.41) is 11.0. The molecule has 1 fully saturated rings. The summed E-state index contributed by atoms with van der Waals surface area (Å²) in [5.41, 5.74) is 3.70. The van der Waals surface area contributed by atoms with Gasteiger partial charge in [0.15, 0.2) is 0 Å². The van der Waals surface area contributed by atoms with Crippen molar-refractivity contribution in [1.82, 2.24) is 4.90 Å². The molecule has 1 aliphatic heterocycles. The summed E-state index contributed by atoms with van der Waals surface area (Å²) >= 11 is 0. The lowest BCUT2D eigenvalue weighted by atomic mass is 9.93. The minimum atomic E-state index is -0.402. The van der Waals surface area contributed by atoms with Gasteiger partial charge in [-0.2, -0.15) is 0 Å². The van der Waals surface area contributed by atoms with E-state index < -0.39 is 4.92 Å². The van der Waals surface area contributed by atoms with Crippen LogP contribution < -0.4 is 11.3 Å². The lowest BCUT2D eigenvalue weighted by molar-refractivity contribution is -0.384. The molecule has 0 saturated carbocycles. The van der Waals surface area contributed by atoms with E-state index >= 15 is 0 Å². The summed E-state index contributed by atoms with van der Waals surface area (Å²) in [7, 11) is 0. The van der Waals surface area contributed by atoms with Crippen LogP contribution in [0.15, 0.2) is 18.2 Å². The predicted octanol–water partition coefficient (Wildman–Crippen LogP) is 2.50. The van der Waals surface area contributed by atoms with Gasteiger partial charge in [0.2, 0.25) is 0 Å². The number of anilines is 1. The Morgan fingerprint density at radius 2 is 2.25 bits per heavy atom. The van der Waals surface area contributed by atoms with Crippen molar-refractivity contribution in [3.05, 3.63) is 33.9 Å². The number of rotatable bonds is 4. The van der Waals surface area contributed by atoms with Crippen molar-refractivity contribution in [3.63, 3.8) is 0 Å². The van der Waals surface area contributed by atoms with Gasteiger partial charge >= 0.3 is 0 Å². The van der Waals surface area contributed by atoms with Gasteiger partial charge in [-0.3, -0.25) is 20.9 Å². The van der Waals surface area contributed by atoms with Crippen LogP contribution in [-0.4, -0.2) is 22.4 Å². The third kappa shape index (κ3) is 3.26. The first kappa shape index (κ1) is 14.7. The minimum absolute atomic E-state index is 0.0306. The number of piperidine rings is 1. The summed E-state index contributed by atoms with van der Waals surface area (Å²) in [5.74, 6) is 6.06.